The lowest BCUT2D eigenvalue weighted by Crippen LogP contribution is -2.62. The summed E-state index contributed by atoms with van der Waals surface area (Å²) in [5.41, 5.74) is -2.18. The zero-order chi connectivity index (χ0) is 42.3. The molecule has 0 radical (unpaired) electrons. The van der Waals surface area contributed by atoms with E-state index in [9.17, 15) is 39.9 Å². The normalized spacial score (nSPS) is 46.8. The molecular weight excluding hydrogens is 716 g/mol. The quantitative estimate of drug-likeness (QED) is 0.216. The first-order valence-electron chi connectivity index (χ1n) is 21.2. The van der Waals surface area contributed by atoms with Crippen molar-refractivity contribution in [3.8, 4) is 0 Å². The van der Waals surface area contributed by atoms with Crippen LogP contribution < -0.4 is 0 Å². The Labute approximate surface area is 336 Å². The van der Waals surface area contributed by atoms with Gasteiger partial charge in [-0.1, -0.05) is 92.7 Å². The van der Waals surface area contributed by atoms with E-state index in [1.807, 2.05) is 32.1 Å². The number of hydrogen-bond donors (Lipinski definition) is 5. The molecule has 18 unspecified atom stereocenters. The SMILES string of the molecule is CCC1/C=C/C=C/CC(C)C(O)C(C)(O)C(=O)C(C)C(O)C(C)C(=O)C(C)C(O)C(C)/C=C/C(=O)OC2C(C)C(CC1)OC1(CCC(C)C(CC(C)O)O1)C2C. The number of carbonyl (C=O) groups excluding carboxylic acids is 3. The molecule has 5 N–H and O–H groups in total. The van der Waals surface area contributed by atoms with E-state index >= 15 is 0 Å². The number of rotatable bonds is 3. The molecule has 0 aliphatic carbocycles. The number of esters is 1. The third-order valence-corrected chi connectivity index (χ3v) is 13.4. The Hall–Kier alpha value is -2.25. The van der Waals surface area contributed by atoms with Crippen LogP contribution in [0.4, 0.5) is 0 Å². The minimum absolute atomic E-state index is 0.168. The highest BCUT2D eigenvalue weighted by molar-refractivity contribution is 5.91. The van der Waals surface area contributed by atoms with Gasteiger partial charge in [0.25, 0.3) is 0 Å². The number of ketones is 2. The van der Waals surface area contributed by atoms with Gasteiger partial charge in [0, 0.05) is 48.0 Å². The zero-order valence-corrected chi connectivity index (χ0v) is 35.8. The molecule has 1 spiro atoms. The van der Waals surface area contributed by atoms with Gasteiger partial charge < -0.3 is 39.7 Å². The maximum atomic E-state index is 13.5. The fourth-order valence-corrected chi connectivity index (χ4v) is 9.01. The third-order valence-electron chi connectivity index (χ3n) is 13.4. The Bertz CT molecular complexity index is 1390. The second-order valence-corrected chi connectivity index (χ2v) is 18.0. The summed E-state index contributed by atoms with van der Waals surface area (Å²) in [4.78, 5) is 40.5. The molecule has 320 valence electrons. The summed E-state index contributed by atoms with van der Waals surface area (Å²) < 4.78 is 20.0. The summed E-state index contributed by atoms with van der Waals surface area (Å²) in [6.07, 6.45) is 9.62. The van der Waals surface area contributed by atoms with E-state index in [1.165, 1.54) is 39.8 Å². The fourth-order valence-electron chi connectivity index (χ4n) is 9.01. The first kappa shape index (κ1) is 48.1. The monoisotopic (exact) mass is 791 g/mol. The van der Waals surface area contributed by atoms with Crippen molar-refractivity contribution in [3.63, 3.8) is 0 Å². The van der Waals surface area contributed by atoms with Gasteiger partial charge in [0.15, 0.2) is 11.6 Å². The largest absolute Gasteiger partial charge is 0.458 e. The molecule has 3 aliphatic rings. The van der Waals surface area contributed by atoms with Crippen LogP contribution in [0.2, 0.25) is 0 Å². The van der Waals surface area contributed by atoms with Crippen LogP contribution in [0.25, 0.3) is 0 Å². The van der Waals surface area contributed by atoms with Crippen LogP contribution in [0.15, 0.2) is 36.5 Å². The number of carbonyl (C=O) groups is 3. The van der Waals surface area contributed by atoms with Crippen LogP contribution in [0.3, 0.4) is 0 Å². The van der Waals surface area contributed by atoms with E-state index in [2.05, 4.69) is 19.9 Å². The number of hydrogen-bond acceptors (Lipinski definition) is 11. The molecule has 2 fully saturated rings. The number of ether oxygens (including phenoxy) is 3. The lowest BCUT2D eigenvalue weighted by atomic mass is 9.74. The van der Waals surface area contributed by atoms with Gasteiger partial charge in [-0.15, -0.1) is 0 Å². The lowest BCUT2D eigenvalue weighted by Gasteiger charge is -2.55. The number of Topliss-reactive ketones (excluding diaryl/α,β-unsaturated/α-hetero) is 2. The van der Waals surface area contributed by atoms with E-state index < -0.39 is 89.0 Å². The third kappa shape index (κ3) is 11.5. The van der Waals surface area contributed by atoms with Crippen molar-refractivity contribution in [2.45, 2.75) is 175 Å². The van der Waals surface area contributed by atoms with Gasteiger partial charge in [-0.2, -0.15) is 0 Å². The van der Waals surface area contributed by atoms with Crippen LogP contribution in [-0.2, 0) is 28.6 Å². The highest BCUT2D eigenvalue weighted by Crippen LogP contribution is 2.49. The molecule has 11 heteroatoms. The molecule has 56 heavy (non-hydrogen) atoms. The summed E-state index contributed by atoms with van der Waals surface area (Å²) in [6.45, 7) is 19.1. The minimum Gasteiger partial charge on any atom is -0.458 e. The molecule has 3 heterocycles. The van der Waals surface area contributed by atoms with Gasteiger partial charge in [-0.25, -0.2) is 4.79 Å². The van der Waals surface area contributed by atoms with Gasteiger partial charge in [-0.3, -0.25) is 9.59 Å². The van der Waals surface area contributed by atoms with Crippen molar-refractivity contribution in [2.24, 2.45) is 53.3 Å². The molecule has 2 saturated heterocycles. The zero-order valence-electron chi connectivity index (χ0n) is 35.8. The minimum atomic E-state index is -2.18. The van der Waals surface area contributed by atoms with E-state index in [1.54, 1.807) is 20.8 Å². The first-order chi connectivity index (χ1) is 26.1. The molecule has 0 aromatic rings. The van der Waals surface area contributed by atoms with Crippen LogP contribution in [0, 0.1) is 53.3 Å². The predicted molar refractivity (Wildman–Crippen MR) is 215 cm³/mol. The van der Waals surface area contributed by atoms with Gasteiger partial charge in [0.1, 0.15) is 17.5 Å². The average molecular weight is 791 g/mol. The maximum Gasteiger partial charge on any atom is 0.330 e. The van der Waals surface area contributed by atoms with Gasteiger partial charge >= 0.3 is 5.97 Å². The first-order valence-corrected chi connectivity index (χ1v) is 21.2. The van der Waals surface area contributed by atoms with E-state index in [0.717, 1.165) is 19.3 Å². The summed E-state index contributed by atoms with van der Waals surface area (Å²) in [5.74, 6) is -7.28. The van der Waals surface area contributed by atoms with Gasteiger partial charge in [0.2, 0.25) is 0 Å². The van der Waals surface area contributed by atoms with Crippen LogP contribution in [0.5, 0.6) is 0 Å². The molecule has 3 aliphatic heterocycles. The lowest BCUT2D eigenvalue weighted by molar-refractivity contribution is -0.371. The van der Waals surface area contributed by atoms with Crippen molar-refractivity contribution in [1.82, 2.24) is 0 Å². The maximum absolute atomic E-state index is 13.5. The van der Waals surface area contributed by atoms with Gasteiger partial charge in [0.05, 0.1) is 36.6 Å². The Morgan fingerprint density at radius 2 is 1.48 bits per heavy atom. The standard InChI is InChI=1S/C45H74O11/c1-12-34-17-15-13-14-16-27(4)42(51)44(11,53)43(52)32(9)40(50)31(8)39(49)30(7)38(48)26(3)18-21-37(47)54-41-29(6)35(20-19-34)55-45(33(41)10)23-22-25(2)36(56-45)24-28(5)46/h13-15,17-18,21,25-36,38,40-42,46,48,50-51,53H,12,16,19-20,22-24H2,1-11H3/b14-13+,17-15+,21-18+. The average Bonchev–Trinajstić information content (AvgIpc) is 3.16. The van der Waals surface area contributed by atoms with E-state index in [0.29, 0.717) is 25.7 Å². The summed E-state index contributed by atoms with van der Waals surface area (Å²) >= 11 is 0. The molecular formula is C45H74O11. The second-order valence-electron chi connectivity index (χ2n) is 18.0. The molecule has 0 aromatic heterocycles. The number of aliphatic hydroxyl groups is 5. The van der Waals surface area contributed by atoms with Crippen molar-refractivity contribution in [3.05, 3.63) is 36.5 Å². The van der Waals surface area contributed by atoms with Crippen molar-refractivity contribution in [2.75, 3.05) is 0 Å². The molecule has 2 bridgehead atoms. The Kier molecular flexibility index (Phi) is 17.7. The highest BCUT2D eigenvalue weighted by Gasteiger charge is 2.56. The topological polar surface area (TPSA) is 180 Å². The summed E-state index contributed by atoms with van der Waals surface area (Å²) in [5, 5.41) is 55.0. The molecule has 0 aromatic carbocycles. The number of fused-ring (bicyclic) bond motifs is 2. The smallest absolute Gasteiger partial charge is 0.330 e. The van der Waals surface area contributed by atoms with Crippen LogP contribution in [-0.4, -0.2) is 97.2 Å². The van der Waals surface area contributed by atoms with Crippen LogP contribution in [0.1, 0.15) is 121 Å². The van der Waals surface area contributed by atoms with Crippen LogP contribution >= 0.6 is 0 Å². The predicted octanol–water partition coefficient (Wildman–Crippen LogP) is 5.88. The van der Waals surface area contributed by atoms with Crippen molar-refractivity contribution in [1.29, 1.82) is 0 Å². The van der Waals surface area contributed by atoms with Gasteiger partial charge in [-0.05, 0) is 70.1 Å². The number of allylic oxidation sites excluding steroid dienone is 4. The molecule has 18 atom stereocenters. The Balaban J connectivity index is 1.99. The second kappa shape index (κ2) is 20.6. The molecule has 3 rings (SSSR count). The molecule has 0 saturated carbocycles. The highest BCUT2D eigenvalue weighted by atomic mass is 16.7. The Morgan fingerprint density at radius 1 is 0.839 bits per heavy atom. The van der Waals surface area contributed by atoms with Crippen molar-refractivity contribution < 1.29 is 54.1 Å². The van der Waals surface area contributed by atoms with E-state index in [-0.39, 0.29) is 35.9 Å². The molecule has 0 amide bonds. The molecule has 11 nitrogen and oxygen atoms in total. The Morgan fingerprint density at radius 3 is 2.11 bits per heavy atom. The fraction of sp³-hybridized carbons (Fsp3) is 0.800. The van der Waals surface area contributed by atoms with E-state index in [4.69, 9.17) is 14.2 Å². The van der Waals surface area contributed by atoms with Crippen molar-refractivity contribution >= 4 is 17.5 Å². The summed E-state index contributed by atoms with van der Waals surface area (Å²) in [6, 6.07) is 0. The number of aliphatic hydroxyl groups excluding tert-OH is 4. The summed E-state index contributed by atoms with van der Waals surface area (Å²) in [7, 11) is 0.